The third-order valence-corrected chi connectivity index (χ3v) is 8.76. The van der Waals surface area contributed by atoms with Crippen LogP contribution in [0.3, 0.4) is 0 Å². The summed E-state index contributed by atoms with van der Waals surface area (Å²) < 4.78 is 3.43. The van der Waals surface area contributed by atoms with Crippen LogP contribution < -0.4 is 10.9 Å². The molecule has 6 rings (SSSR count). The van der Waals surface area contributed by atoms with Gasteiger partial charge in [0.25, 0.3) is 5.56 Å². The molecule has 0 aliphatic rings. The maximum Gasteiger partial charge on any atom is 0.272 e. The highest BCUT2D eigenvalue weighted by Crippen LogP contribution is 2.32. The van der Waals surface area contributed by atoms with Gasteiger partial charge in [-0.05, 0) is 36.1 Å². The second-order valence-corrected chi connectivity index (χ2v) is 11.1. The molecule has 1 amide bonds. The van der Waals surface area contributed by atoms with E-state index in [9.17, 15) is 9.59 Å². The quantitative estimate of drug-likeness (QED) is 0.181. The summed E-state index contributed by atoms with van der Waals surface area (Å²) in [6.07, 6.45) is 3.46. The first kappa shape index (κ1) is 24.5. The van der Waals surface area contributed by atoms with Crippen LogP contribution in [-0.2, 0) is 24.2 Å². The van der Waals surface area contributed by atoms with Crippen LogP contribution in [0.5, 0.6) is 0 Å². The molecule has 8 heteroatoms. The number of H-pyrrole nitrogens is 1. The van der Waals surface area contributed by atoms with E-state index in [4.69, 9.17) is 4.98 Å². The largest absolute Gasteiger partial charge is 0.361 e. The third kappa shape index (κ3) is 4.97. The van der Waals surface area contributed by atoms with Crippen LogP contribution >= 0.6 is 23.1 Å². The fourth-order valence-corrected chi connectivity index (χ4v) is 6.64. The number of carbonyl (C=O) groups is 1. The van der Waals surface area contributed by atoms with E-state index in [0.29, 0.717) is 34.9 Å². The Morgan fingerprint density at radius 2 is 1.71 bits per heavy atom. The van der Waals surface area contributed by atoms with Crippen LogP contribution in [0.25, 0.3) is 31.2 Å². The van der Waals surface area contributed by atoms with Gasteiger partial charge >= 0.3 is 0 Å². The molecule has 0 saturated heterocycles. The highest BCUT2D eigenvalue weighted by atomic mass is 32.2. The molecule has 0 bridgehead atoms. The van der Waals surface area contributed by atoms with Crippen LogP contribution in [0.15, 0.2) is 95.0 Å². The van der Waals surface area contributed by atoms with Gasteiger partial charge in [0.15, 0.2) is 5.16 Å². The summed E-state index contributed by atoms with van der Waals surface area (Å²) in [5.41, 5.74) is 4.07. The molecule has 3 aromatic heterocycles. The Kier molecular flexibility index (Phi) is 6.98. The second kappa shape index (κ2) is 10.8. The molecule has 0 saturated carbocycles. The summed E-state index contributed by atoms with van der Waals surface area (Å²) in [4.78, 5) is 34.6. The minimum atomic E-state index is -0.0707. The molecule has 0 unspecified atom stereocenters. The standard InChI is InChI=1S/C30H26N4O2S2/c35-26(31-16-14-20-8-2-1-3-9-20)19-37-30-33-27-23-11-5-7-13-25(23)38-28(27)29(36)34(30)17-15-21-18-32-24-12-6-4-10-22(21)24/h1-13,18,32H,14-17,19H2,(H,31,35). The van der Waals surface area contributed by atoms with Crippen LogP contribution in [0.2, 0.25) is 0 Å². The van der Waals surface area contributed by atoms with Crippen molar-refractivity contribution in [2.45, 2.75) is 24.5 Å². The number of nitrogens with one attached hydrogen (secondary N) is 2. The van der Waals surface area contributed by atoms with Gasteiger partial charge in [0, 0.05) is 40.3 Å². The Morgan fingerprint density at radius 1 is 0.947 bits per heavy atom. The van der Waals surface area contributed by atoms with E-state index < -0.39 is 0 Å². The summed E-state index contributed by atoms with van der Waals surface area (Å²) in [5.74, 6) is 0.126. The second-order valence-electron chi connectivity index (χ2n) is 9.11. The van der Waals surface area contributed by atoms with Gasteiger partial charge in [-0.2, -0.15) is 0 Å². The zero-order chi connectivity index (χ0) is 25.9. The van der Waals surface area contributed by atoms with Crippen LogP contribution in [-0.4, -0.2) is 32.7 Å². The number of aromatic nitrogens is 3. The molecule has 3 heterocycles. The van der Waals surface area contributed by atoms with Crippen molar-refractivity contribution in [2.75, 3.05) is 12.3 Å². The van der Waals surface area contributed by atoms with Crippen molar-refractivity contribution in [3.8, 4) is 0 Å². The van der Waals surface area contributed by atoms with Crippen molar-refractivity contribution >= 4 is 60.2 Å². The lowest BCUT2D eigenvalue weighted by atomic mass is 10.1. The fourth-order valence-electron chi connectivity index (χ4n) is 4.70. The van der Waals surface area contributed by atoms with E-state index in [1.807, 2.05) is 66.9 Å². The van der Waals surface area contributed by atoms with Crippen molar-refractivity contribution in [2.24, 2.45) is 0 Å². The topological polar surface area (TPSA) is 79.8 Å². The van der Waals surface area contributed by atoms with Gasteiger partial charge in [-0.25, -0.2) is 4.98 Å². The normalized spacial score (nSPS) is 11.5. The number of thiophene rings is 1. The van der Waals surface area contributed by atoms with E-state index in [1.54, 1.807) is 4.57 Å². The number of thioether (sulfide) groups is 1. The number of hydrogen-bond donors (Lipinski definition) is 2. The minimum absolute atomic E-state index is 0.0528. The van der Waals surface area contributed by atoms with E-state index in [1.165, 1.54) is 28.7 Å². The summed E-state index contributed by atoms with van der Waals surface area (Å²) in [5, 5.41) is 5.70. The van der Waals surface area contributed by atoms with E-state index in [0.717, 1.165) is 33.0 Å². The summed E-state index contributed by atoms with van der Waals surface area (Å²) in [7, 11) is 0. The number of fused-ring (bicyclic) bond motifs is 4. The summed E-state index contributed by atoms with van der Waals surface area (Å²) >= 11 is 2.80. The van der Waals surface area contributed by atoms with Crippen LogP contribution in [0.4, 0.5) is 0 Å². The maximum absolute atomic E-state index is 13.7. The van der Waals surface area contributed by atoms with Gasteiger partial charge in [-0.15, -0.1) is 11.3 Å². The first-order chi connectivity index (χ1) is 18.7. The Balaban J connectivity index is 1.25. The predicted octanol–water partition coefficient (Wildman–Crippen LogP) is 5.79. The molecule has 0 spiro atoms. The molecule has 0 atom stereocenters. The first-order valence-corrected chi connectivity index (χ1v) is 14.4. The van der Waals surface area contributed by atoms with Crippen LogP contribution in [0, 0.1) is 0 Å². The van der Waals surface area contributed by atoms with E-state index in [-0.39, 0.29) is 17.2 Å². The monoisotopic (exact) mass is 538 g/mol. The lowest BCUT2D eigenvalue weighted by Gasteiger charge is -2.12. The highest BCUT2D eigenvalue weighted by molar-refractivity contribution is 7.99. The number of amides is 1. The number of aromatic amines is 1. The molecule has 0 radical (unpaired) electrons. The Labute approximate surface area is 227 Å². The molecular formula is C30H26N4O2S2. The van der Waals surface area contributed by atoms with Gasteiger partial charge < -0.3 is 10.3 Å². The smallest absolute Gasteiger partial charge is 0.272 e. The molecule has 0 aliphatic heterocycles. The lowest BCUT2D eigenvalue weighted by molar-refractivity contribution is -0.118. The number of aryl methyl sites for hydroxylation is 1. The highest BCUT2D eigenvalue weighted by Gasteiger charge is 2.18. The van der Waals surface area contributed by atoms with Crippen molar-refractivity contribution in [3.63, 3.8) is 0 Å². The molecule has 2 N–H and O–H groups in total. The molecule has 0 aliphatic carbocycles. The summed E-state index contributed by atoms with van der Waals surface area (Å²) in [6.45, 7) is 1.05. The number of para-hydroxylation sites is 1. The molecule has 6 nitrogen and oxygen atoms in total. The third-order valence-electron chi connectivity index (χ3n) is 6.64. The first-order valence-electron chi connectivity index (χ1n) is 12.6. The Morgan fingerprint density at radius 3 is 2.58 bits per heavy atom. The molecule has 6 aromatic rings. The maximum atomic E-state index is 13.7. The average Bonchev–Trinajstić information content (AvgIpc) is 3.54. The SMILES string of the molecule is O=C(CSc1nc2c(sc3ccccc32)c(=O)n1CCc1c[nH]c2ccccc12)NCCc1ccccc1. The molecule has 38 heavy (non-hydrogen) atoms. The van der Waals surface area contributed by atoms with Gasteiger partial charge in [0.05, 0.1) is 11.3 Å². The zero-order valence-corrected chi connectivity index (χ0v) is 22.3. The zero-order valence-electron chi connectivity index (χ0n) is 20.6. The van der Waals surface area contributed by atoms with Gasteiger partial charge in [0.1, 0.15) is 4.70 Å². The van der Waals surface area contributed by atoms with Gasteiger partial charge in [0.2, 0.25) is 5.91 Å². The fraction of sp³-hybridized carbons (Fsp3) is 0.167. The molecular weight excluding hydrogens is 512 g/mol. The van der Waals surface area contributed by atoms with Crippen molar-refractivity contribution in [1.29, 1.82) is 0 Å². The number of hydrogen-bond acceptors (Lipinski definition) is 5. The van der Waals surface area contributed by atoms with Gasteiger partial charge in [-0.3, -0.25) is 14.2 Å². The Hall–Kier alpha value is -3.88. The molecule has 3 aromatic carbocycles. The lowest BCUT2D eigenvalue weighted by Crippen LogP contribution is -2.28. The number of benzene rings is 3. The van der Waals surface area contributed by atoms with Crippen LogP contribution in [0.1, 0.15) is 11.1 Å². The number of carbonyl (C=O) groups excluding carboxylic acids is 1. The summed E-state index contributed by atoms with van der Waals surface area (Å²) in [6, 6.07) is 26.2. The van der Waals surface area contributed by atoms with Crippen molar-refractivity contribution < 1.29 is 4.79 Å². The average molecular weight is 539 g/mol. The van der Waals surface area contributed by atoms with Crippen molar-refractivity contribution in [1.82, 2.24) is 19.9 Å². The minimum Gasteiger partial charge on any atom is -0.361 e. The predicted molar refractivity (Wildman–Crippen MR) is 157 cm³/mol. The van der Waals surface area contributed by atoms with Gasteiger partial charge in [-0.1, -0.05) is 78.5 Å². The van der Waals surface area contributed by atoms with E-state index >= 15 is 0 Å². The van der Waals surface area contributed by atoms with Crippen molar-refractivity contribution in [3.05, 3.63) is 107 Å². The number of nitrogens with zero attached hydrogens (tertiary/aromatic N) is 2. The van der Waals surface area contributed by atoms with E-state index in [2.05, 4.69) is 28.5 Å². The Bertz CT molecular complexity index is 1800. The molecule has 0 fully saturated rings. The molecule has 190 valence electrons. The number of rotatable bonds is 9.